The van der Waals surface area contributed by atoms with Crippen LogP contribution < -0.4 is 5.73 Å². The van der Waals surface area contributed by atoms with Crippen LogP contribution in [0.15, 0.2) is 18.2 Å². The predicted molar refractivity (Wildman–Crippen MR) is 76.8 cm³/mol. The van der Waals surface area contributed by atoms with Gasteiger partial charge in [0, 0.05) is 22.2 Å². The quantitative estimate of drug-likeness (QED) is 0.821. The molecule has 5 heteroatoms. The molecule has 1 aliphatic heterocycles. The van der Waals surface area contributed by atoms with E-state index in [0.29, 0.717) is 34.7 Å². The van der Waals surface area contributed by atoms with Crippen molar-refractivity contribution in [2.24, 2.45) is 11.7 Å². The van der Waals surface area contributed by atoms with Crippen LogP contribution in [-0.2, 0) is 0 Å². The van der Waals surface area contributed by atoms with Crippen LogP contribution in [0.5, 0.6) is 0 Å². The average molecular weight is 362 g/mol. The van der Waals surface area contributed by atoms with Crippen molar-refractivity contribution in [2.75, 3.05) is 19.6 Å². The lowest BCUT2D eigenvalue weighted by Gasteiger charge is -2.31. The summed E-state index contributed by atoms with van der Waals surface area (Å²) in [5, 5.41) is 0. The fourth-order valence-electron chi connectivity index (χ4n) is 2.18. The Bertz CT molecular complexity index is 445. The maximum Gasteiger partial charge on any atom is 0.253 e. The first-order chi connectivity index (χ1) is 8.61. The fourth-order valence-corrected chi connectivity index (χ4v) is 2.52. The van der Waals surface area contributed by atoms with Gasteiger partial charge in [0.25, 0.3) is 5.91 Å². The van der Waals surface area contributed by atoms with E-state index in [-0.39, 0.29) is 11.7 Å². The van der Waals surface area contributed by atoms with Crippen LogP contribution in [0.4, 0.5) is 4.39 Å². The molecule has 1 aromatic rings. The summed E-state index contributed by atoms with van der Waals surface area (Å²) in [6, 6.07) is 4.64. The van der Waals surface area contributed by atoms with E-state index >= 15 is 0 Å². The molecule has 2 N–H and O–H groups in total. The first kappa shape index (κ1) is 13.7. The molecule has 0 radical (unpaired) electrons. The Kier molecular flexibility index (Phi) is 4.55. The van der Waals surface area contributed by atoms with Gasteiger partial charge in [-0.1, -0.05) is 0 Å². The summed E-state index contributed by atoms with van der Waals surface area (Å²) in [6.07, 6.45) is 1.88. The van der Waals surface area contributed by atoms with Gasteiger partial charge in [-0.3, -0.25) is 4.79 Å². The maximum absolute atomic E-state index is 13.4. The number of rotatable bonds is 2. The molecule has 0 unspecified atom stereocenters. The van der Waals surface area contributed by atoms with Crippen molar-refractivity contribution in [2.45, 2.75) is 12.8 Å². The number of piperidine rings is 1. The van der Waals surface area contributed by atoms with Crippen LogP contribution in [0, 0.1) is 15.3 Å². The molecule has 1 fully saturated rings. The van der Waals surface area contributed by atoms with Crippen molar-refractivity contribution in [3.63, 3.8) is 0 Å². The zero-order chi connectivity index (χ0) is 13.1. The summed E-state index contributed by atoms with van der Waals surface area (Å²) in [4.78, 5) is 14.0. The third-order valence-corrected chi connectivity index (χ3v) is 4.28. The smallest absolute Gasteiger partial charge is 0.253 e. The molecule has 98 valence electrons. The summed E-state index contributed by atoms with van der Waals surface area (Å²) < 4.78 is 14.0. The van der Waals surface area contributed by atoms with Crippen LogP contribution in [0.1, 0.15) is 23.2 Å². The highest BCUT2D eigenvalue weighted by Crippen LogP contribution is 2.19. The number of likely N-dealkylation sites (tertiary alicyclic amines) is 1. The Hall–Kier alpha value is -0.690. The summed E-state index contributed by atoms with van der Waals surface area (Å²) >= 11 is 1.91. The third kappa shape index (κ3) is 3.00. The third-order valence-electron chi connectivity index (χ3n) is 3.40. The molecule has 3 nitrogen and oxygen atoms in total. The van der Waals surface area contributed by atoms with Gasteiger partial charge < -0.3 is 10.6 Å². The lowest BCUT2D eigenvalue weighted by Crippen LogP contribution is -2.40. The van der Waals surface area contributed by atoms with E-state index in [1.54, 1.807) is 17.0 Å². The summed E-state index contributed by atoms with van der Waals surface area (Å²) in [5.74, 6) is 0.0987. The minimum absolute atomic E-state index is 0.0826. The van der Waals surface area contributed by atoms with Gasteiger partial charge in [0.15, 0.2) is 0 Å². The number of benzene rings is 1. The SMILES string of the molecule is NCC1CCN(C(=O)c2ccc(I)c(F)c2)CC1. The van der Waals surface area contributed by atoms with Crippen LogP contribution >= 0.6 is 22.6 Å². The number of nitrogens with two attached hydrogens (primary N) is 1. The minimum Gasteiger partial charge on any atom is -0.339 e. The zero-order valence-corrected chi connectivity index (χ0v) is 12.2. The zero-order valence-electron chi connectivity index (χ0n) is 10.0. The van der Waals surface area contributed by atoms with Crippen molar-refractivity contribution < 1.29 is 9.18 Å². The van der Waals surface area contributed by atoms with Crippen molar-refractivity contribution in [1.82, 2.24) is 4.90 Å². The molecule has 0 aliphatic carbocycles. The molecule has 1 amide bonds. The summed E-state index contributed by atoms with van der Waals surface area (Å²) in [5.41, 5.74) is 6.05. The lowest BCUT2D eigenvalue weighted by atomic mass is 9.96. The topological polar surface area (TPSA) is 46.3 Å². The molecular formula is C13H16FIN2O. The number of hydrogen-bond donors (Lipinski definition) is 1. The molecular weight excluding hydrogens is 346 g/mol. The number of carbonyl (C=O) groups is 1. The number of amides is 1. The van der Waals surface area contributed by atoms with Gasteiger partial charge in [-0.15, -0.1) is 0 Å². The van der Waals surface area contributed by atoms with Crippen molar-refractivity contribution in [3.05, 3.63) is 33.1 Å². The second-order valence-electron chi connectivity index (χ2n) is 4.60. The molecule has 2 rings (SSSR count). The Labute approximate surface area is 120 Å². The Morgan fingerprint density at radius 2 is 2.11 bits per heavy atom. The molecule has 1 saturated heterocycles. The highest BCUT2D eigenvalue weighted by Gasteiger charge is 2.23. The fraction of sp³-hybridized carbons (Fsp3) is 0.462. The number of carbonyl (C=O) groups excluding carboxylic acids is 1. The molecule has 0 atom stereocenters. The van der Waals surface area contributed by atoms with Gasteiger partial charge in [0.2, 0.25) is 0 Å². The van der Waals surface area contributed by atoms with Crippen molar-refractivity contribution >= 4 is 28.5 Å². The van der Waals surface area contributed by atoms with Crippen LogP contribution in [0.25, 0.3) is 0 Å². The molecule has 18 heavy (non-hydrogen) atoms. The van der Waals surface area contributed by atoms with Crippen LogP contribution in [-0.4, -0.2) is 30.4 Å². The van der Waals surface area contributed by atoms with Gasteiger partial charge in [-0.2, -0.15) is 0 Å². The standard InChI is InChI=1S/C13H16FIN2O/c14-11-7-10(1-2-12(11)15)13(18)17-5-3-9(8-16)4-6-17/h1-2,7,9H,3-6,8,16H2. The molecule has 1 heterocycles. The Morgan fingerprint density at radius 1 is 1.44 bits per heavy atom. The molecule has 1 aliphatic rings. The highest BCUT2D eigenvalue weighted by molar-refractivity contribution is 14.1. The van der Waals surface area contributed by atoms with Crippen LogP contribution in [0.3, 0.4) is 0 Å². The van der Waals surface area contributed by atoms with Gasteiger partial charge in [0.1, 0.15) is 5.82 Å². The van der Waals surface area contributed by atoms with Gasteiger partial charge >= 0.3 is 0 Å². The summed E-state index contributed by atoms with van der Waals surface area (Å²) in [6.45, 7) is 2.11. The Balaban J connectivity index is 2.05. The monoisotopic (exact) mass is 362 g/mol. The predicted octanol–water partition coefficient (Wildman–Crippen LogP) is 2.24. The Morgan fingerprint density at radius 3 is 2.67 bits per heavy atom. The van der Waals surface area contributed by atoms with E-state index in [4.69, 9.17) is 5.73 Å². The molecule has 0 saturated carbocycles. The molecule has 0 aromatic heterocycles. The minimum atomic E-state index is -0.335. The number of nitrogens with zero attached hydrogens (tertiary/aromatic N) is 1. The van der Waals surface area contributed by atoms with Crippen molar-refractivity contribution in [1.29, 1.82) is 0 Å². The second kappa shape index (κ2) is 5.97. The number of hydrogen-bond acceptors (Lipinski definition) is 2. The van der Waals surface area contributed by atoms with Gasteiger partial charge in [-0.05, 0) is 66.1 Å². The van der Waals surface area contributed by atoms with E-state index in [0.717, 1.165) is 12.8 Å². The van der Waals surface area contributed by atoms with E-state index in [9.17, 15) is 9.18 Å². The maximum atomic E-state index is 13.4. The molecule has 1 aromatic carbocycles. The first-order valence-corrected chi connectivity index (χ1v) is 7.14. The van der Waals surface area contributed by atoms with E-state index in [2.05, 4.69) is 0 Å². The average Bonchev–Trinajstić information content (AvgIpc) is 2.41. The van der Waals surface area contributed by atoms with E-state index in [1.165, 1.54) is 6.07 Å². The van der Waals surface area contributed by atoms with E-state index in [1.807, 2.05) is 22.6 Å². The second-order valence-corrected chi connectivity index (χ2v) is 5.76. The van der Waals surface area contributed by atoms with Gasteiger partial charge in [0.05, 0.1) is 0 Å². The lowest BCUT2D eigenvalue weighted by molar-refractivity contribution is 0.0693. The number of halogens is 2. The first-order valence-electron chi connectivity index (χ1n) is 6.06. The van der Waals surface area contributed by atoms with Crippen molar-refractivity contribution in [3.8, 4) is 0 Å². The largest absolute Gasteiger partial charge is 0.339 e. The highest BCUT2D eigenvalue weighted by atomic mass is 127. The van der Waals surface area contributed by atoms with E-state index < -0.39 is 0 Å². The van der Waals surface area contributed by atoms with Gasteiger partial charge in [-0.25, -0.2) is 4.39 Å². The molecule has 0 spiro atoms. The molecule has 0 bridgehead atoms. The van der Waals surface area contributed by atoms with Crippen LogP contribution in [0.2, 0.25) is 0 Å². The summed E-state index contributed by atoms with van der Waals surface area (Å²) in [7, 11) is 0. The normalized spacial score (nSPS) is 16.9.